The molecule has 0 aromatic heterocycles. The van der Waals surface area contributed by atoms with Crippen LogP contribution >= 0.6 is 0 Å². The summed E-state index contributed by atoms with van der Waals surface area (Å²) in [6.45, 7) is 7.20. The molecule has 1 atom stereocenters. The lowest BCUT2D eigenvalue weighted by atomic mass is 9.77. The Bertz CT molecular complexity index is 466. The standard InChI is InChI=1S/C19H30FNO/c1-14-7-9-15(10-8-14)12-19(2,3)21-13-18(22)16-5-4-6-17(20)11-16/h4-6,11,14-15,18,21-22H,7-10,12-13H2,1-3H3/t14?,15?,18-/m0/s1. The van der Waals surface area contributed by atoms with Crippen molar-refractivity contribution in [1.29, 1.82) is 0 Å². The van der Waals surface area contributed by atoms with Crippen LogP contribution in [0.25, 0.3) is 0 Å². The van der Waals surface area contributed by atoms with Crippen molar-refractivity contribution >= 4 is 0 Å². The van der Waals surface area contributed by atoms with Crippen molar-refractivity contribution < 1.29 is 9.50 Å². The highest BCUT2D eigenvalue weighted by atomic mass is 19.1. The van der Waals surface area contributed by atoms with Gasteiger partial charge in [-0.25, -0.2) is 4.39 Å². The number of hydrogen-bond donors (Lipinski definition) is 2. The third-order valence-electron chi connectivity index (χ3n) is 4.94. The van der Waals surface area contributed by atoms with E-state index in [-0.39, 0.29) is 11.4 Å². The molecular formula is C19H30FNO. The number of aliphatic hydroxyl groups is 1. The SMILES string of the molecule is CC1CCC(CC(C)(C)NC[C@H](O)c2cccc(F)c2)CC1. The first-order valence-corrected chi connectivity index (χ1v) is 8.54. The summed E-state index contributed by atoms with van der Waals surface area (Å²) in [5.41, 5.74) is 0.634. The summed E-state index contributed by atoms with van der Waals surface area (Å²) in [4.78, 5) is 0. The van der Waals surface area contributed by atoms with Crippen molar-refractivity contribution in [1.82, 2.24) is 5.32 Å². The third kappa shape index (κ3) is 5.36. The van der Waals surface area contributed by atoms with Gasteiger partial charge in [0.05, 0.1) is 6.10 Å². The van der Waals surface area contributed by atoms with Gasteiger partial charge in [0.25, 0.3) is 0 Å². The normalized spacial score (nSPS) is 24.2. The predicted octanol–water partition coefficient (Wildman–Crippen LogP) is 4.44. The highest BCUT2D eigenvalue weighted by Crippen LogP contribution is 2.33. The second kappa shape index (κ2) is 7.56. The summed E-state index contributed by atoms with van der Waals surface area (Å²) in [5.74, 6) is 1.36. The number of aliphatic hydroxyl groups excluding tert-OH is 1. The summed E-state index contributed by atoms with van der Waals surface area (Å²) in [6.07, 6.45) is 5.79. The minimum Gasteiger partial charge on any atom is -0.387 e. The quantitative estimate of drug-likeness (QED) is 0.814. The number of benzene rings is 1. The molecule has 22 heavy (non-hydrogen) atoms. The predicted molar refractivity (Wildman–Crippen MR) is 89.2 cm³/mol. The first-order chi connectivity index (χ1) is 10.4. The smallest absolute Gasteiger partial charge is 0.123 e. The molecule has 0 unspecified atom stereocenters. The molecule has 2 rings (SSSR count). The maximum absolute atomic E-state index is 13.2. The molecule has 124 valence electrons. The zero-order chi connectivity index (χ0) is 16.2. The zero-order valence-electron chi connectivity index (χ0n) is 14.1. The Kier molecular flexibility index (Phi) is 5.99. The van der Waals surface area contributed by atoms with E-state index in [2.05, 4.69) is 26.1 Å². The summed E-state index contributed by atoms with van der Waals surface area (Å²) in [6, 6.07) is 6.21. The molecule has 1 aliphatic carbocycles. The van der Waals surface area contributed by atoms with Crippen molar-refractivity contribution in [2.45, 2.75) is 64.5 Å². The van der Waals surface area contributed by atoms with Gasteiger partial charge in [0, 0.05) is 12.1 Å². The molecule has 0 radical (unpaired) electrons. The fourth-order valence-electron chi connectivity index (χ4n) is 3.53. The van der Waals surface area contributed by atoms with Gasteiger partial charge in [-0.3, -0.25) is 0 Å². The van der Waals surface area contributed by atoms with E-state index in [1.165, 1.54) is 37.8 Å². The zero-order valence-corrected chi connectivity index (χ0v) is 14.1. The number of hydrogen-bond acceptors (Lipinski definition) is 2. The molecule has 0 spiro atoms. The van der Waals surface area contributed by atoms with E-state index in [9.17, 15) is 9.50 Å². The van der Waals surface area contributed by atoms with Gasteiger partial charge in [0.15, 0.2) is 0 Å². The molecule has 2 N–H and O–H groups in total. The van der Waals surface area contributed by atoms with Crippen LogP contribution in [0.5, 0.6) is 0 Å². The largest absolute Gasteiger partial charge is 0.387 e. The van der Waals surface area contributed by atoms with Crippen molar-refractivity contribution in [3.8, 4) is 0 Å². The van der Waals surface area contributed by atoms with Gasteiger partial charge in [-0.05, 0) is 49.8 Å². The van der Waals surface area contributed by atoms with E-state index in [1.54, 1.807) is 12.1 Å². The third-order valence-corrected chi connectivity index (χ3v) is 4.94. The summed E-state index contributed by atoms with van der Waals surface area (Å²) in [7, 11) is 0. The topological polar surface area (TPSA) is 32.3 Å². The van der Waals surface area contributed by atoms with Crippen LogP contribution in [0.15, 0.2) is 24.3 Å². The lowest BCUT2D eigenvalue weighted by Gasteiger charge is -2.35. The Balaban J connectivity index is 1.81. The highest BCUT2D eigenvalue weighted by molar-refractivity contribution is 5.19. The lowest BCUT2D eigenvalue weighted by molar-refractivity contribution is 0.148. The van der Waals surface area contributed by atoms with E-state index in [1.807, 2.05) is 0 Å². The van der Waals surface area contributed by atoms with E-state index < -0.39 is 6.10 Å². The maximum Gasteiger partial charge on any atom is 0.123 e. The van der Waals surface area contributed by atoms with Crippen LogP contribution in [0.1, 0.15) is 64.5 Å². The van der Waals surface area contributed by atoms with Crippen molar-refractivity contribution in [3.05, 3.63) is 35.6 Å². The Hall–Kier alpha value is -0.930. The van der Waals surface area contributed by atoms with Crippen LogP contribution in [0.4, 0.5) is 4.39 Å². The molecule has 1 aliphatic rings. The first kappa shape index (κ1) is 17.4. The molecule has 2 nitrogen and oxygen atoms in total. The van der Waals surface area contributed by atoms with Crippen LogP contribution in [-0.2, 0) is 0 Å². The van der Waals surface area contributed by atoms with Crippen LogP contribution in [0, 0.1) is 17.7 Å². The molecule has 1 aromatic rings. The molecule has 1 aromatic carbocycles. The number of β-amino-alcohol motifs (C(OH)–C–C–N with tert-alkyl or cyclic N) is 1. The highest BCUT2D eigenvalue weighted by Gasteiger charge is 2.26. The van der Waals surface area contributed by atoms with Gasteiger partial charge in [0.1, 0.15) is 5.82 Å². The minimum atomic E-state index is -0.665. The van der Waals surface area contributed by atoms with Crippen LogP contribution in [-0.4, -0.2) is 17.2 Å². The summed E-state index contributed by atoms with van der Waals surface area (Å²) < 4.78 is 13.2. The second-order valence-electron chi connectivity index (χ2n) is 7.67. The molecule has 1 saturated carbocycles. The summed E-state index contributed by atoms with van der Waals surface area (Å²) >= 11 is 0. The molecule has 0 aliphatic heterocycles. The Morgan fingerprint density at radius 2 is 1.95 bits per heavy atom. The molecule has 0 bridgehead atoms. The van der Waals surface area contributed by atoms with Gasteiger partial charge in [-0.1, -0.05) is 44.7 Å². The van der Waals surface area contributed by atoms with E-state index >= 15 is 0 Å². The van der Waals surface area contributed by atoms with E-state index in [4.69, 9.17) is 0 Å². The van der Waals surface area contributed by atoms with Crippen LogP contribution in [0.3, 0.4) is 0 Å². The number of halogens is 1. The molecule has 1 fully saturated rings. The molecule has 3 heteroatoms. The van der Waals surface area contributed by atoms with Gasteiger partial charge in [-0.15, -0.1) is 0 Å². The summed E-state index contributed by atoms with van der Waals surface area (Å²) in [5, 5.41) is 13.7. The van der Waals surface area contributed by atoms with Gasteiger partial charge < -0.3 is 10.4 Å². The molecular weight excluding hydrogens is 277 g/mol. The Morgan fingerprint density at radius 1 is 1.27 bits per heavy atom. The van der Waals surface area contributed by atoms with Gasteiger partial charge in [0.2, 0.25) is 0 Å². The lowest BCUT2D eigenvalue weighted by Crippen LogP contribution is -2.43. The van der Waals surface area contributed by atoms with Crippen LogP contribution < -0.4 is 5.32 Å². The van der Waals surface area contributed by atoms with Crippen molar-refractivity contribution in [2.75, 3.05) is 6.54 Å². The Morgan fingerprint density at radius 3 is 2.59 bits per heavy atom. The monoisotopic (exact) mass is 307 g/mol. The average Bonchev–Trinajstić information content (AvgIpc) is 2.47. The number of nitrogens with one attached hydrogen (secondary N) is 1. The fraction of sp³-hybridized carbons (Fsp3) is 0.684. The van der Waals surface area contributed by atoms with E-state index in [0.717, 1.165) is 18.3 Å². The van der Waals surface area contributed by atoms with Gasteiger partial charge in [-0.2, -0.15) is 0 Å². The van der Waals surface area contributed by atoms with Gasteiger partial charge >= 0.3 is 0 Å². The molecule has 0 heterocycles. The van der Waals surface area contributed by atoms with Crippen molar-refractivity contribution in [2.24, 2.45) is 11.8 Å². The number of rotatable bonds is 6. The first-order valence-electron chi connectivity index (χ1n) is 8.54. The van der Waals surface area contributed by atoms with Crippen LogP contribution in [0.2, 0.25) is 0 Å². The molecule has 0 amide bonds. The second-order valence-corrected chi connectivity index (χ2v) is 7.67. The van der Waals surface area contributed by atoms with E-state index in [0.29, 0.717) is 12.1 Å². The fourth-order valence-corrected chi connectivity index (χ4v) is 3.53. The molecule has 0 saturated heterocycles. The maximum atomic E-state index is 13.2. The minimum absolute atomic E-state index is 0.000447. The Labute approximate surface area is 134 Å². The average molecular weight is 307 g/mol. The van der Waals surface area contributed by atoms with Crippen molar-refractivity contribution in [3.63, 3.8) is 0 Å².